The maximum atomic E-state index is 10.5. The maximum absolute atomic E-state index is 10.5. The lowest BCUT2D eigenvalue weighted by atomic mass is 10.1. The number of aliphatic hydroxyl groups is 1. The summed E-state index contributed by atoms with van der Waals surface area (Å²) in [6, 6.07) is -1.55. The summed E-state index contributed by atoms with van der Waals surface area (Å²) in [5.74, 6) is -1.44. The molecule has 0 radical (unpaired) electrons. The summed E-state index contributed by atoms with van der Waals surface area (Å²) in [7, 11) is 0. The van der Waals surface area contributed by atoms with Gasteiger partial charge in [0.15, 0.2) is 6.04 Å². The van der Waals surface area contributed by atoms with E-state index in [0.717, 1.165) is 0 Å². The summed E-state index contributed by atoms with van der Waals surface area (Å²) < 4.78 is 0. The second kappa shape index (κ2) is 3.02. The van der Waals surface area contributed by atoms with E-state index < -0.39 is 29.9 Å². The van der Waals surface area contributed by atoms with Crippen LogP contribution in [0, 0.1) is 5.41 Å². The summed E-state index contributed by atoms with van der Waals surface area (Å²) in [6.45, 7) is -0.356. The van der Waals surface area contributed by atoms with Gasteiger partial charge in [-0.3, -0.25) is 4.90 Å². The second-order valence-electron chi connectivity index (χ2n) is 2.65. The number of β-amino-alcohol motifs (C(OH)–C–C–N with tert-alkyl or cyclic N) is 1. The van der Waals surface area contributed by atoms with Crippen molar-refractivity contribution >= 4 is 17.8 Å². The number of carbonyl (C=O) groups is 2. The van der Waals surface area contributed by atoms with Crippen molar-refractivity contribution < 1.29 is 24.9 Å². The molecule has 2 atom stereocenters. The van der Waals surface area contributed by atoms with Gasteiger partial charge in [-0.1, -0.05) is 0 Å². The van der Waals surface area contributed by atoms with E-state index in [-0.39, 0.29) is 6.54 Å². The van der Waals surface area contributed by atoms with E-state index in [0.29, 0.717) is 4.90 Å². The highest BCUT2D eigenvalue weighted by Gasteiger charge is 2.43. The Morgan fingerprint density at radius 1 is 1.46 bits per heavy atom. The number of nitrogens with one attached hydrogen (secondary N) is 1. The minimum atomic E-state index is -1.55. The molecule has 13 heavy (non-hydrogen) atoms. The van der Waals surface area contributed by atoms with Gasteiger partial charge in [0.05, 0.1) is 12.3 Å². The molecule has 72 valence electrons. The minimum Gasteiger partial charge on any atom is -0.479 e. The molecular weight excluding hydrogens is 180 g/mol. The van der Waals surface area contributed by atoms with E-state index in [1.807, 2.05) is 0 Å². The Labute approximate surface area is 72.7 Å². The van der Waals surface area contributed by atoms with Crippen molar-refractivity contribution in [2.75, 3.05) is 6.54 Å². The number of carboxylic acid groups (broad SMARTS) is 2. The first-order valence-corrected chi connectivity index (χ1v) is 3.44. The standard InChI is InChI=1S/C6H8N2O5/c7-3-2(9)1-8(6(12)13)4(3)5(10)11/h2,4,7,9H,1H2,(H,10,11)(H,12,13)/t2?,4-/m1/s1. The molecule has 0 aliphatic carbocycles. The zero-order chi connectivity index (χ0) is 10.2. The van der Waals surface area contributed by atoms with Crippen LogP contribution < -0.4 is 0 Å². The first-order valence-electron chi connectivity index (χ1n) is 3.44. The molecule has 1 aliphatic heterocycles. The molecule has 0 aromatic rings. The van der Waals surface area contributed by atoms with Crippen LogP contribution >= 0.6 is 0 Å². The van der Waals surface area contributed by atoms with Crippen molar-refractivity contribution in [3.63, 3.8) is 0 Å². The highest BCUT2D eigenvalue weighted by atomic mass is 16.4. The Balaban J connectivity index is 2.93. The zero-order valence-electron chi connectivity index (χ0n) is 6.47. The molecule has 7 nitrogen and oxygen atoms in total. The normalized spacial score (nSPS) is 27.8. The predicted octanol–water partition coefficient (Wildman–Crippen LogP) is -1.19. The molecule has 4 N–H and O–H groups in total. The van der Waals surface area contributed by atoms with Crippen LogP contribution in [0.2, 0.25) is 0 Å². The molecule has 0 bridgehead atoms. The molecule has 0 saturated carbocycles. The van der Waals surface area contributed by atoms with Crippen LogP contribution in [0.25, 0.3) is 0 Å². The zero-order valence-corrected chi connectivity index (χ0v) is 6.47. The van der Waals surface area contributed by atoms with Crippen LogP contribution in [0.3, 0.4) is 0 Å². The number of likely N-dealkylation sites (tertiary alicyclic amines) is 1. The Morgan fingerprint density at radius 3 is 2.31 bits per heavy atom. The number of rotatable bonds is 1. The van der Waals surface area contributed by atoms with Gasteiger partial charge in [-0.25, -0.2) is 9.59 Å². The number of hydrogen-bond acceptors (Lipinski definition) is 4. The second-order valence-corrected chi connectivity index (χ2v) is 2.65. The van der Waals surface area contributed by atoms with Crippen molar-refractivity contribution in [3.8, 4) is 0 Å². The number of amides is 1. The Bertz CT molecular complexity index is 276. The van der Waals surface area contributed by atoms with Gasteiger partial charge in [0, 0.05) is 0 Å². The molecule has 1 heterocycles. The molecule has 0 aromatic heterocycles. The van der Waals surface area contributed by atoms with Crippen molar-refractivity contribution in [2.24, 2.45) is 0 Å². The van der Waals surface area contributed by atoms with Crippen LogP contribution in [0.15, 0.2) is 0 Å². The van der Waals surface area contributed by atoms with Crippen LogP contribution in [-0.4, -0.2) is 56.7 Å². The maximum Gasteiger partial charge on any atom is 0.408 e. The summed E-state index contributed by atoms with van der Waals surface area (Å²) >= 11 is 0. The fourth-order valence-corrected chi connectivity index (χ4v) is 1.20. The molecule has 0 spiro atoms. The molecule has 1 aliphatic rings. The van der Waals surface area contributed by atoms with Crippen LogP contribution in [0.1, 0.15) is 0 Å². The van der Waals surface area contributed by atoms with E-state index in [1.54, 1.807) is 0 Å². The van der Waals surface area contributed by atoms with Gasteiger partial charge < -0.3 is 20.7 Å². The third kappa shape index (κ3) is 1.45. The first kappa shape index (κ1) is 9.46. The van der Waals surface area contributed by atoms with Gasteiger partial charge in [-0.05, 0) is 0 Å². The quantitative estimate of drug-likeness (QED) is 0.412. The number of hydrogen-bond donors (Lipinski definition) is 4. The third-order valence-electron chi connectivity index (χ3n) is 1.81. The van der Waals surface area contributed by atoms with Gasteiger partial charge in [-0.2, -0.15) is 0 Å². The SMILES string of the molecule is N=C1C(O)CN(C(=O)O)[C@H]1C(=O)O. The fraction of sp³-hybridized carbons (Fsp3) is 0.500. The average molecular weight is 188 g/mol. The Kier molecular flexibility index (Phi) is 2.20. The highest BCUT2D eigenvalue weighted by Crippen LogP contribution is 2.14. The average Bonchev–Trinajstić information content (AvgIpc) is 2.28. The summed E-state index contributed by atoms with van der Waals surface area (Å²) in [5.41, 5.74) is -0.491. The van der Waals surface area contributed by atoms with Gasteiger partial charge >= 0.3 is 12.1 Å². The molecular formula is C6H8N2O5. The van der Waals surface area contributed by atoms with E-state index in [2.05, 4.69) is 0 Å². The van der Waals surface area contributed by atoms with Crippen molar-refractivity contribution in [1.29, 1.82) is 5.41 Å². The smallest absolute Gasteiger partial charge is 0.408 e. The van der Waals surface area contributed by atoms with Gasteiger partial charge in [0.1, 0.15) is 6.10 Å². The van der Waals surface area contributed by atoms with E-state index in [9.17, 15) is 9.59 Å². The third-order valence-corrected chi connectivity index (χ3v) is 1.81. The molecule has 1 fully saturated rings. The van der Waals surface area contributed by atoms with Crippen molar-refractivity contribution in [2.45, 2.75) is 12.1 Å². The monoisotopic (exact) mass is 188 g/mol. The van der Waals surface area contributed by atoms with Gasteiger partial charge in [0.2, 0.25) is 0 Å². The van der Waals surface area contributed by atoms with Gasteiger partial charge in [0.25, 0.3) is 0 Å². The Morgan fingerprint density at radius 2 is 2.00 bits per heavy atom. The molecule has 1 saturated heterocycles. The number of aliphatic carboxylic acids is 1. The number of carboxylic acids is 1. The van der Waals surface area contributed by atoms with Crippen molar-refractivity contribution in [1.82, 2.24) is 4.90 Å². The number of nitrogens with zero attached hydrogens (tertiary/aromatic N) is 1. The molecule has 7 heteroatoms. The topological polar surface area (TPSA) is 122 Å². The van der Waals surface area contributed by atoms with Gasteiger partial charge in [-0.15, -0.1) is 0 Å². The van der Waals surface area contributed by atoms with Crippen LogP contribution in [0.4, 0.5) is 4.79 Å². The first-order chi connectivity index (χ1) is 5.95. The molecule has 1 amide bonds. The van der Waals surface area contributed by atoms with E-state index in [4.69, 9.17) is 20.7 Å². The Hall–Kier alpha value is -1.63. The largest absolute Gasteiger partial charge is 0.479 e. The molecule has 1 unspecified atom stereocenters. The molecule has 0 aromatic carbocycles. The lowest BCUT2D eigenvalue weighted by molar-refractivity contribution is -0.139. The highest BCUT2D eigenvalue weighted by molar-refractivity contribution is 6.09. The molecule has 1 rings (SSSR count). The van der Waals surface area contributed by atoms with Crippen LogP contribution in [-0.2, 0) is 4.79 Å². The van der Waals surface area contributed by atoms with Crippen LogP contribution in [0.5, 0.6) is 0 Å². The number of aliphatic hydroxyl groups excluding tert-OH is 1. The fourth-order valence-electron chi connectivity index (χ4n) is 1.20. The minimum absolute atomic E-state index is 0.356. The van der Waals surface area contributed by atoms with E-state index in [1.165, 1.54) is 0 Å². The lowest BCUT2D eigenvalue weighted by Crippen LogP contribution is -2.42. The van der Waals surface area contributed by atoms with E-state index >= 15 is 0 Å². The van der Waals surface area contributed by atoms with Crippen molar-refractivity contribution in [3.05, 3.63) is 0 Å². The summed E-state index contributed by atoms with van der Waals surface area (Å²) in [4.78, 5) is 21.5. The lowest BCUT2D eigenvalue weighted by Gasteiger charge is -2.15. The summed E-state index contributed by atoms with van der Waals surface area (Å²) in [6.07, 6.45) is -2.76. The predicted molar refractivity (Wildman–Crippen MR) is 39.9 cm³/mol. The summed E-state index contributed by atoms with van der Waals surface area (Å²) in [5, 5.41) is 33.3.